The number of aliphatic imine (C=N–C) groups is 1. The topological polar surface area (TPSA) is 53.6 Å². The largest absolute Gasteiger partial charge is 0.370 e. The summed E-state index contributed by atoms with van der Waals surface area (Å²) in [5, 5.41) is 3.41. The van der Waals surface area contributed by atoms with Crippen LogP contribution < -0.4 is 11.1 Å². The van der Waals surface area contributed by atoms with Crippen molar-refractivity contribution < 1.29 is 0 Å². The lowest BCUT2D eigenvalue weighted by Crippen LogP contribution is -2.42. The van der Waals surface area contributed by atoms with Crippen molar-refractivity contribution in [3.8, 4) is 0 Å². The first-order valence-electron chi connectivity index (χ1n) is 8.45. The van der Waals surface area contributed by atoms with Gasteiger partial charge in [-0.15, -0.1) is 24.0 Å². The van der Waals surface area contributed by atoms with Crippen LogP contribution in [0, 0.1) is 5.92 Å². The molecule has 1 atom stereocenters. The highest BCUT2D eigenvalue weighted by Gasteiger charge is 2.24. The van der Waals surface area contributed by atoms with E-state index in [1.54, 1.807) is 0 Å². The minimum Gasteiger partial charge on any atom is -0.370 e. The Morgan fingerprint density at radius 2 is 1.90 bits per heavy atom. The van der Waals surface area contributed by atoms with Crippen LogP contribution in [0.4, 0.5) is 0 Å². The third kappa shape index (κ3) is 6.72. The smallest absolute Gasteiger partial charge is 0.188 e. The van der Waals surface area contributed by atoms with Crippen LogP contribution in [0.15, 0.2) is 4.99 Å². The Hall–Kier alpha value is -0.0400. The van der Waals surface area contributed by atoms with Crippen molar-refractivity contribution in [3.05, 3.63) is 0 Å². The van der Waals surface area contributed by atoms with Gasteiger partial charge in [-0.2, -0.15) is 0 Å². The highest BCUT2D eigenvalue weighted by molar-refractivity contribution is 14.0. The summed E-state index contributed by atoms with van der Waals surface area (Å²) >= 11 is 0. The number of likely N-dealkylation sites (tertiary alicyclic amines) is 1. The van der Waals surface area contributed by atoms with E-state index in [4.69, 9.17) is 5.73 Å². The third-order valence-electron chi connectivity index (χ3n) is 4.53. The molecule has 5 heteroatoms. The number of hydrogen-bond donors (Lipinski definition) is 2. The number of hydrogen-bond acceptors (Lipinski definition) is 2. The predicted octanol–water partition coefficient (Wildman–Crippen LogP) is 2.96. The maximum Gasteiger partial charge on any atom is 0.188 e. The first-order chi connectivity index (χ1) is 9.65. The lowest BCUT2D eigenvalue weighted by atomic mass is 9.96. The van der Waals surface area contributed by atoms with E-state index in [-0.39, 0.29) is 24.0 Å². The Kier molecular flexibility index (Phi) is 8.94. The van der Waals surface area contributed by atoms with Gasteiger partial charge in [0, 0.05) is 18.6 Å². The van der Waals surface area contributed by atoms with Crippen LogP contribution in [0.2, 0.25) is 0 Å². The van der Waals surface area contributed by atoms with Gasteiger partial charge in [-0.3, -0.25) is 9.89 Å². The summed E-state index contributed by atoms with van der Waals surface area (Å²) in [6.07, 6.45) is 9.11. The summed E-state index contributed by atoms with van der Waals surface area (Å²) in [7, 11) is 0. The monoisotopic (exact) mass is 408 g/mol. The predicted molar refractivity (Wildman–Crippen MR) is 101 cm³/mol. The maximum absolute atomic E-state index is 6.05. The van der Waals surface area contributed by atoms with Gasteiger partial charge in [0.1, 0.15) is 0 Å². The second-order valence-electron chi connectivity index (χ2n) is 6.89. The third-order valence-corrected chi connectivity index (χ3v) is 4.53. The Balaban J connectivity index is 0.00000220. The molecule has 2 aliphatic rings. The van der Waals surface area contributed by atoms with Crippen molar-refractivity contribution in [1.29, 1.82) is 0 Å². The van der Waals surface area contributed by atoms with Crippen molar-refractivity contribution in [2.75, 3.05) is 19.6 Å². The molecule has 0 bridgehead atoms. The lowest BCUT2D eigenvalue weighted by molar-refractivity contribution is 0.231. The molecule has 1 aliphatic heterocycles. The number of nitrogens with one attached hydrogen (secondary N) is 1. The van der Waals surface area contributed by atoms with Gasteiger partial charge in [0.05, 0.1) is 6.54 Å². The van der Waals surface area contributed by atoms with Gasteiger partial charge >= 0.3 is 0 Å². The molecule has 2 rings (SSSR count). The van der Waals surface area contributed by atoms with E-state index in [1.807, 2.05) is 0 Å². The quantitative estimate of drug-likeness (QED) is 0.418. The fourth-order valence-electron chi connectivity index (χ4n) is 3.52. The molecule has 4 nitrogen and oxygen atoms in total. The maximum atomic E-state index is 6.05. The van der Waals surface area contributed by atoms with Crippen molar-refractivity contribution in [2.24, 2.45) is 16.6 Å². The minimum atomic E-state index is 0. The van der Waals surface area contributed by atoms with Crippen molar-refractivity contribution >= 4 is 29.9 Å². The van der Waals surface area contributed by atoms with Crippen LogP contribution in [0.1, 0.15) is 58.8 Å². The van der Waals surface area contributed by atoms with E-state index in [9.17, 15) is 0 Å². The second-order valence-corrected chi connectivity index (χ2v) is 6.89. The van der Waals surface area contributed by atoms with Crippen LogP contribution in [-0.4, -0.2) is 42.6 Å². The first-order valence-corrected chi connectivity index (χ1v) is 8.45. The molecule has 0 spiro atoms. The van der Waals surface area contributed by atoms with Gasteiger partial charge in [-0.25, -0.2) is 0 Å². The van der Waals surface area contributed by atoms with Gasteiger partial charge in [0.2, 0.25) is 0 Å². The molecule has 1 saturated heterocycles. The highest BCUT2D eigenvalue weighted by Crippen LogP contribution is 2.19. The molecule has 124 valence electrons. The van der Waals surface area contributed by atoms with E-state index < -0.39 is 0 Å². The van der Waals surface area contributed by atoms with Gasteiger partial charge in [-0.05, 0) is 38.1 Å². The molecular weight excluding hydrogens is 375 g/mol. The lowest BCUT2D eigenvalue weighted by Gasteiger charge is -2.26. The number of halogens is 1. The average molecular weight is 408 g/mol. The average Bonchev–Trinajstić information content (AvgIpc) is 2.84. The zero-order chi connectivity index (χ0) is 14.4. The summed E-state index contributed by atoms with van der Waals surface area (Å²) in [6.45, 7) is 7.86. The van der Waals surface area contributed by atoms with Crippen LogP contribution >= 0.6 is 24.0 Å². The Labute approximate surface area is 147 Å². The number of rotatable bonds is 5. The van der Waals surface area contributed by atoms with Crippen LogP contribution in [0.25, 0.3) is 0 Å². The molecule has 0 aromatic carbocycles. The molecular formula is C16H33IN4. The molecule has 1 heterocycles. The fourth-order valence-corrected chi connectivity index (χ4v) is 3.52. The first kappa shape index (κ1) is 19.0. The summed E-state index contributed by atoms with van der Waals surface area (Å²) in [6, 6.07) is 1.16. The minimum absolute atomic E-state index is 0. The van der Waals surface area contributed by atoms with Gasteiger partial charge in [0.15, 0.2) is 5.96 Å². The standard InChI is InChI=1S/C16H32N4.HI/c1-13(2)12-20-10-6-9-15(20)11-18-16(17)19-14-7-4-3-5-8-14;/h13-15H,3-12H2,1-2H3,(H3,17,18,19);1H/t15-;/m1./s1. The molecule has 0 aromatic rings. The fraction of sp³-hybridized carbons (Fsp3) is 0.938. The second kappa shape index (κ2) is 9.87. The van der Waals surface area contributed by atoms with Crippen molar-refractivity contribution in [1.82, 2.24) is 10.2 Å². The van der Waals surface area contributed by atoms with E-state index in [2.05, 4.69) is 29.1 Å². The molecule has 21 heavy (non-hydrogen) atoms. The van der Waals surface area contributed by atoms with E-state index in [0.29, 0.717) is 18.0 Å². The zero-order valence-electron chi connectivity index (χ0n) is 13.7. The van der Waals surface area contributed by atoms with Gasteiger partial charge in [-0.1, -0.05) is 33.1 Å². The Bertz CT molecular complexity index is 313. The SMILES string of the molecule is CC(C)CN1CCC[C@@H]1CN=C(N)NC1CCCCC1.I. The molecule has 0 unspecified atom stereocenters. The molecule has 0 radical (unpaired) electrons. The Morgan fingerprint density at radius 1 is 1.19 bits per heavy atom. The van der Waals surface area contributed by atoms with Crippen LogP contribution in [-0.2, 0) is 0 Å². The van der Waals surface area contributed by atoms with Gasteiger partial charge in [0.25, 0.3) is 0 Å². The van der Waals surface area contributed by atoms with Crippen LogP contribution in [0.5, 0.6) is 0 Å². The number of nitrogens with zero attached hydrogens (tertiary/aromatic N) is 2. The Morgan fingerprint density at radius 3 is 2.57 bits per heavy atom. The normalized spacial score (nSPS) is 25.1. The molecule has 3 N–H and O–H groups in total. The molecule has 0 amide bonds. The number of guanidine groups is 1. The molecule has 0 aromatic heterocycles. The number of nitrogens with two attached hydrogens (primary N) is 1. The summed E-state index contributed by atoms with van der Waals surface area (Å²) in [5.41, 5.74) is 6.05. The van der Waals surface area contributed by atoms with Gasteiger partial charge < -0.3 is 11.1 Å². The summed E-state index contributed by atoms with van der Waals surface area (Å²) < 4.78 is 0. The van der Waals surface area contributed by atoms with Crippen molar-refractivity contribution in [3.63, 3.8) is 0 Å². The molecule has 1 aliphatic carbocycles. The summed E-state index contributed by atoms with van der Waals surface area (Å²) in [5.74, 6) is 1.39. The summed E-state index contributed by atoms with van der Waals surface area (Å²) in [4.78, 5) is 7.18. The molecule has 2 fully saturated rings. The zero-order valence-corrected chi connectivity index (χ0v) is 16.0. The van der Waals surface area contributed by atoms with Crippen LogP contribution in [0.3, 0.4) is 0 Å². The van der Waals surface area contributed by atoms with E-state index in [0.717, 1.165) is 12.5 Å². The van der Waals surface area contributed by atoms with E-state index in [1.165, 1.54) is 58.0 Å². The highest BCUT2D eigenvalue weighted by atomic mass is 127. The van der Waals surface area contributed by atoms with Crippen molar-refractivity contribution in [2.45, 2.75) is 70.9 Å². The van der Waals surface area contributed by atoms with E-state index >= 15 is 0 Å². The molecule has 1 saturated carbocycles.